The number of carbonyl (C=O) groups excluding carboxylic acids is 2. The highest BCUT2D eigenvalue weighted by Gasteiger charge is 2.34. The molecular weight excluding hydrogens is 571 g/mol. The molecule has 0 fully saturated rings. The molecule has 1 aliphatic heterocycles. The molecule has 1 aromatic heterocycles. The minimum absolute atomic E-state index is 0.0264. The van der Waals surface area contributed by atoms with Crippen LogP contribution in [0.2, 0.25) is 5.02 Å². The number of nitrogens with one attached hydrogen (secondary N) is 1. The van der Waals surface area contributed by atoms with Gasteiger partial charge in [0, 0.05) is 17.1 Å². The fourth-order valence-electron chi connectivity index (χ4n) is 4.76. The number of benzene rings is 3. The fraction of sp³-hybridized carbons (Fsp3) is 0.219. The van der Waals surface area contributed by atoms with Gasteiger partial charge >= 0.3 is 6.01 Å². The van der Waals surface area contributed by atoms with Crippen molar-refractivity contribution in [3.05, 3.63) is 118 Å². The zero-order valence-corrected chi connectivity index (χ0v) is 24.3. The van der Waals surface area contributed by atoms with Crippen LogP contribution in [0.25, 0.3) is 0 Å². The molecule has 1 aliphatic rings. The third-order valence-electron chi connectivity index (χ3n) is 7.03. The molecule has 0 radical (unpaired) electrons. The van der Waals surface area contributed by atoms with E-state index >= 15 is 0 Å². The van der Waals surface area contributed by atoms with Crippen LogP contribution in [0.1, 0.15) is 46.8 Å². The second-order valence-corrected chi connectivity index (χ2v) is 10.9. The molecule has 0 spiro atoms. The lowest BCUT2D eigenvalue weighted by Gasteiger charge is -2.22. The minimum Gasteiger partial charge on any atom is -0.459 e. The molecule has 0 saturated heterocycles. The molecule has 2 heterocycles. The number of amides is 2. The van der Waals surface area contributed by atoms with Crippen LogP contribution in [0.3, 0.4) is 0 Å². The van der Waals surface area contributed by atoms with E-state index in [9.17, 15) is 14.0 Å². The summed E-state index contributed by atoms with van der Waals surface area (Å²) in [5.41, 5.74) is 8.88. The van der Waals surface area contributed by atoms with Crippen molar-refractivity contribution in [3.63, 3.8) is 0 Å². The van der Waals surface area contributed by atoms with E-state index in [1.54, 1.807) is 43.1 Å². The quantitative estimate of drug-likeness (QED) is 0.261. The number of ether oxygens (including phenoxy) is 1. The number of rotatable bonds is 10. The molecule has 3 aromatic carbocycles. The summed E-state index contributed by atoms with van der Waals surface area (Å²) in [7, 11) is 0. The lowest BCUT2D eigenvalue weighted by Crippen LogP contribution is -2.48. The Bertz CT molecular complexity index is 1630. The Morgan fingerprint density at radius 3 is 2.42 bits per heavy atom. The number of hydrogen-bond acceptors (Lipinski definition) is 7. The third-order valence-corrected chi connectivity index (χ3v) is 7.28. The number of aromatic nitrogens is 2. The van der Waals surface area contributed by atoms with Gasteiger partial charge in [0.15, 0.2) is 5.82 Å². The lowest BCUT2D eigenvalue weighted by molar-refractivity contribution is -0.120. The van der Waals surface area contributed by atoms with Crippen LogP contribution in [0, 0.1) is 11.7 Å². The van der Waals surface area contributed by atoms with E-state index in [-0.39, 0.29) is 41.7 Å². The second-order valence-electron chi connectivity index (χ2n) is 10.4. The zero-order chi connectivity index (χ0) is 30.5. The highest BCUT2D eigenvalue weighted by Crippen LogP contribution is 2.33. The Kier molecular flexibility index (Phi) is 8.96. The summed E-state index contributed by atoms with van der Waals surface area (Å²) in [6.45, 7) is 4.06. The molecular formula is C32H30ClFN6O3. The fourth-order valence-corrected chi connectivity index (χ4v) is 4.89. The number of hydrogen-bond donors (Lipinski definition) is 2. The van der Waals surface area contributed by atoms with Crippen molar-refractivity contribution in [2.45, 2.75) is 32.4 Å². The molecule has 0 aliphatic carbocycles. The maximum absolute atomic E-state index is 13.8. The standard InChI is InChI=1S/C32H30ClFN6O3/c1-19(2)27(29(35)41)37-31(42)25-16-36-32(43-18-20-8-12-23(33)13-9-20)38-30(25)40-17-26(21-6-4-3-5-7-21)28(39-40)22-10-14-24(34)15-11-22/h3-16,19,26-27H,17-18H2,1-2H3,(H2,35,41)(H,37,42)/t26-,27?/m1/s1. The molecule has 2 atom stereocenters. The molecule has 1 unspecified atom stereocenters. The maximum Gasteiger partial charge on any atom is 0.318 e. The van der Waals surface area contributed by atoms with Crippen LogP contribution in [0.4, 0.5) is 10.2 Å². The van der Waals surface area contributed by atoms with Gasteiger partial charge in [0.05, 0.1) is 12.3 Å². The SMILES string of the molecule is CC(C)C(NC(=O)c1cnc(OCc2ccc(Cl)cc2)nc1N1C[C@H](c2ccccc2)C(c2ccc(F)cc2)=N1)C(N)=O. The topological polar surface area (TPSA) is 123 Å². The lowest BCUT2D eigenvalue weighted by atomic mass is 9.90. The number of carbonyl (C=O) groups is 2. The molecule has 5 rings (SSSR count). The van der Waals surface area contributed by atoms with Gasteiger partial charge in [-0.1, -0.05) is 80.0 Å². The van der Waals surface area contributed by atoms with Crippen LogP contribution < -0.4 is 20.8 Å². The van der Waals surface area contributed by atoms with Crippen molar-refractivity contribution in [2.75, 3.05) is 11.6 Å². The molecule has 3 N–H and O–H groups in total. The van der Waals surface area contributed by atoms with Gasteiger partial charge in [-0.15, -0.1) is 0 Å². The highest BCUT2D eigenvalue weighted by atomic mass is 35.5. The number of primary amides is 1. The second kappa shape index (κ2) is 13.0. The minimum atomic E-state index is -0.907. The smallest absolute Gasteiger partial charge is 0.318 e. The summed E-state index contributed by atoms with van der Waals surface area (Å²) in [5, 5.41) is 9.79. The summed E-state index contributed by atoms with van der Waals surface area (Å²) in [6.07, 6.45) is 1.34. The average Bonchev–Trinajstić information content (AvgIpc) is 3.45. The van der Waals surface area contributed by atoms with Crippen LogP contribution in [-0.2, 0) is 11.4 Å². The normalized spacial score (nSPS) is 15.2. The van der Waals surface area contributed by atoms with E-state index in [1.165, 1.54) is 18.3 Å². The molecule has 2 amide bonds. The largest absolute Gasteiger partial charge is 0.459 e. The van der Waals surface area contributed by atoms with Crippen LogP contribution >= 0.6 is 11.6 Å². The third kappa shape index (κ3) is 6.98. The van der Waals surface area contributed by atoms with Gasteiger partial charge in [-0.2, -0.15) is 10.1 Å². The van der Waals surface area contributed by atoms with E-state index in [0.717, 1.165) is 16.7 Å². The zero-order valence-electron chi connectivity index (χ0n) is 23.6. The predicted molar refractivity (Wildman–Crippen MR) is 163 cm³/mol. The van der Waals surface area contributed by atoms with Crippen LogP contribution in [-0.4, -0.2) is 40.1 Å². The van der Waals surface area contributed by atoms with Crippen molar-refractivity contribution < 1.29 is 18.7 Å². The number of nitrogens with zero attached hydrogens (tertiary/aromatic N) is 4. The average molecular weight is 601 g/mol. The van der Waals surface area contributed by atoms with Gasteiger partial charge in [0.2, 0.25) is 5.91 Å². The first-order valence-corrected chi connectivity index (χ1v) is 14.1. The Balaban J connectivity index is 1.54. The molecule has 9 nitrogen and oxygen atoms in total. The number of hydrazone groups is 1. The van der Waals surface area contributed by atoms with Gasteiger partial charge in [0.25, 0.3) is 5.91 Å². The monoisotopic (exact) mass is 600 g/mol. The molecule has 4 aromatic rings. The summed E-state index contributed by atoms with van der Waals surface area (Å²) in [4.78, 5) is 34.5. The first kappa shape index (κ1) is 29.7. The molecule has 220 valence electrons. The van der Waals surface area contributed by atoms with E-state index in [1.807, 2.05) is 42.5 Å². The Labute approximate surface area is 253 Å². The van der Waals surface area contributed by atoms with E-state index in [4.69, 9.17) is 27.2 Å². The Hall–Kier alpha value is -4.83. The molecule has 43 heavy (non-hydrogen) atoms. The van der Waals surface area contributed by atoms with E-state index < -0.39 is 17.9 Å². The Morgan fingerprint density at radius 1 is 1.07 bits per heavy atom. The van der Waals surface area contributed by atoms with Crippen LogP contribution in [0.15, 0.2) is 90.2 Å². The maximum atomic E-state index is 13.8. The van der Waals surface area contributed by atoms with E-state index in [2.05, 4.69) is 15.3 Å². The molecule has 0 bridgehead atoms. The van der Waals surface area contributed by atoms with Crippen molar-refractivity contribution in [1.82, 2.24) is 15.3 Å². The van der Waals surface area contributed by atoms with Gasteiger partial charge in [0.1, 0.15) is 24.0 Å². The summed E-state index contributed by atoms with van der Waals surface area (Å²) >= 11 is 6.00. The predicted octanol–water partition coefficient (Wildman–Crippen LogP) is 5.10. The van der Waals surface area contributed by atoms with Gasteiger partial charge in [-0.25, -0.2) is 14.4 Å². The van der Waals surface area contributed by atoms with Gasteiger partial charge in [-0.05, 0) is 46.9 Å². The van der Waals surface area contributed by atoms with Gasteiger partial charge < -0.3 is 15.8 Å². The van der Waals surface area contributed by atoms with Crippen molar-refractivity contribution in [2.24, 2.45) is 16.8 Å². The molecule has 0 saturated carbocycles. The number of nitrogens with two attached hydrogens (primary N) is 1. The highest BCUT2D eigenvalue weighted by molar-refractivity contribution is 6.30. The Morgan fingerprint density at radius 2 is 1.77 bits per heavy atom. The van der Waals surface area contributed by atoms with Crippen molar-refractivity contribution >= 4 is 34.9 Å². The summed E-state index contributed by atoms with van der Waals surface area (Å²) < 4.78 is 19.7. The summed E-state index contributed by atoms with van der Waals surface area (Å²) in [6, 6.07) is 22.1. The summed E-state index contributed by atoms with van der Waals surface area (Å²) in [5.74, 6) is -1.88. The van der Waals surface area contributed by atoms with Crippen molar-refractivity contribution in [1.29, 1.82) is 0 Å². The number of halogens is 2. The first-order valence-electron chi connectivity index (χ1n) is 13.7. The first-order chi connectivity index (χ1) is 20.7. The number of anilines is 1. The van der Waals surface area contributed by atoms with Gasteiger partial charge in [-0.3, -0.25) is 9.59 Å². The van der Waals surface area contributed by atoms with Crippen molar-refractivity contribution in [3.8, 4) is 6.01 Å². The molecule has 11 heteroatoms. The van der Waals surface area contributed by atoms with Crippen LogP contribution in [0.5, 0.6) is 6.01 Å². The van der Waals surface area contributed by atoms with E-state index in [0.29, 0.717) is 17.3 Å².